The minimum absolute atomic E-state index is 0.112. The summed E-state index contributed by atoms with van der Waals surface area (Å²) in [4.78, 5) is 0. The Bertz CT molecular complexity index is 896. The molecule has 0 saturated heterocycles. The predicted molar refractivity (Wildman–Crippen MR) is 92.7 cm³/mol. The molecule has 3 aromatic carbocycles. The molecule has 0 fully saturated rings. The highest BCUT2D eigenvalue weighted by molar-refractivity contribution is 5.66. The molecule has 0 spiro atoms. The quantitative estimate of drug-likeness (QED) is 0.433. The Labute approximate surface area is 157 Å². The Morgan fingerprint density at radius 2 is 1.14 bits per heavy atom. The summed E-state index contributed by atoms with van der Waals surface area (Å²) in [5.41, 5.74) is -1.71. The zero-order valence-electron chi connectivity index (χ0n) is 14.3. The molecule has 0 unspecified atom stereocenters. The van der Waals surface area contributed by atoms with Gasteiger partial charge in [-0.2, -0.15) is 26.3 Å². The van der Waals surface area contributed by atoms with Crippen molar-refractivity contribution in [1.82, 2.24) is 0 Å². The van der Waals surface area contributed by atoms with Gasteiger partial charge in [0.25, 0.3) is 0 Å². The largest absolute Gasteiger partial charge is 0.489 e. The molecule has 0 aliphatic rings. The second-order valence-corrected chi connectivity index (χ2v) is 6.09. The molecule has 28 heavy (non-hydrogen) atoms. The van der Waals surface area contributed by atoms with E-state index in [0.29, 0.717) is 24.5 Å². The van der Waals surface area contributed by atoms with Crippen molar-refractivity contribution in [2.75, 3.05) is 0 Å². The molecular formula is C21H14F6O. The molecule has 0 aliphatic heterocycles. The van der Waals surface area contributed by atoms with E-state index in [-0.39, 0.29) is 17.2 Å². The van der Waals surface area contributed by atoms with Gasteiger partial charge in [-0.15, -0.1) is 0 Å². The van der Waals surface area contributed by atoms with Crippen LogP contribution >= 0.6 is 0 Å². The number of halogens is 6. The summed E-state index contributed by atoms with van der Waals surface area (Å²) in [6.45, 7) is 0.294. The van der Waals surface area contributed by atoms with Crippen LogP contribution in [0.4, 0.5) is 26.3 Å². The van der Waals surface area contributed by atoms with Crippen LogP contribution in [0.25, 0.3) is 11.1 Å². The SMILES string of the molecule is FC(F)(F)c1cc(-c2ccc(OCc3ccccc3)cc2)cc(C(F)(F)F)c1. The molecule has 0 aromatic heterocycles. The third-order valence-corrected chi connectivity index (χ3v) is 4.02. The number of hydrogen-bond donors (Lipinski definition) is 0. The van der Waals surface area contributed by atoms with E-state index in [1.54, 1.807) is 0 Å². The molecule has 0 atom stereocenters. The lowest BCUT2D eigenvalue weighted by Gasteiger charge is -2.14. The number of ether oxygens (including phenoxy) is 1. The van der Waals surface area contributed by atoms with Gasteiger partial charge in [0.05, 0.1) is 11.1 Å². The van der Waals surface area contributed by atoms with E-state index in [9.17, 15) is 26.3 Å². The normalized spacial score (nSPS) is 12.1. The first kappa shape index (κ1) is 19.8. The Balaban J connectivity index is 1.86. The van der Waals surface area contributed by atoms with Crippen LogP contribution in [-0.2, 0) is 19.0 Å². The first-order chi connectivity index (χ1) is 13.1. The van der Waals surface area contributed by atoms with Gasteiger partial charge < -0.3 is 4.74 Å². The molecule has 1 nitrogen and oxygen atoms in total. The van der Waals surface area contributed by atoms with E-state index < -0.39 is 23.5 Å². The van der Waals surface area contributed by atoms with Crippen LogP contribution in [0.5, 0.6) is 5.75 Å². The molecule has 0 radical (unpaired) electrons. The topological polar surface area (TPSA) is 9.23 Å². The lowest BCUT2D eigenvalue weighted by atomic mass is 9.99. The zero-order valence-corrected chi connectivity index (χ0v) is 14.3. The smallest absolute Gasteiger partial charge is 0.416 e. The summed E-state index contributed by atoms with van der Waals surface area (Å²) in [5.74, 6) is 0.454. The van der Waals surface area contributed by atoms with Crippen molar-refractivity contribution in [3.05, 3.63) is 89.5 Å². The fraction of sp³-hybridized carbons (Fsp3) is 0.143. The van der Waals surface area contributed by atoms with Crippen molar-refractivity contribution in [2.45, 2.75) is 19.0 Å². The van der Waals surface area contributed by atoms with E-state index in [1.165, 1.54) is 24.3 Å². The highest BCUT2D eigenvalue weighted by Crippen LogP contribution is 2.38. The van der Waals surface area contributed by atoms with Gasteiger partial charge in [0.15, 0.2) is 0 Å². The van der Waals surface area contributed by atoms with Crippen molar-refractivity contribution >= 4 is 0 Å². The Morgan fingerprint density at radius 1 is 0.607 bits per heavy atom. The van der Waals surface area contributed by atoms with Crippen LogP contribution in [0.3, 0.4) is 0 Å². The van der Waals surface area contributed by atoms with E-state index in [1.807, 2.05) is 30.3 Å². The van der Waals surface area contributed by atoms with Crippen molar-refractivity contribution < 1.29 is 31.1 Å². The molecule has 7 heteroatoms. The zero-order chi connectivity index (χ0) is 20.4. The van der Waals surface area contributed by atoms with Crippen LogP contribution < -0.4 is 4.74 Å². The fourth-order valence-corrected chi connectivity index (χ4v) is 2.61. The van der Waals surface area contributed by atoms with Gasteiger partial charge in [-0.1, -0.05) is 42.5 Å². The first-order valence-electron chi connectivity index (χ1n) is 8.19. The van der Waals surface area contributed by atoms with Crippen LogP contribution in [0.1, 0.15) is 16.7 Å². The van der Waals surface area contributed by atoms with Crippen molar-refractivity contribution in [2.24, 2.45) is 0 Å². The van der Waals surface area contributed by atoms with E-state index in [4.69, 9.17) is 4.74 Å². The van der Waals surface area contributed by atoms with Gasteiger partial charge >= 0.3 is 12.4 Å². The van der Waals surface area contributed by atoms with Gasteiger partial charge in [0, 0.05) is 0 Å². The minimum atomic E-state index is -4.88. The number of hydrogen-bond acceptors (Lipinski definition) is 1. The molecule has 0 bridgehead atoms. The fourth-order valence-electron chi connectivity index (χ4n) is 2.61. The molecule has 3 rings (SSSR count). The second-order valence-electron chi connectivity index (χ2n) is 6.09. The Morgan fingerprint density at radius 3 is 1.64 bits per heavy atom. The average molecular weight is 396 g/mol. The third-order valence-electron chi connectivity index (χ3n) is 4.02. The highest BCUT2D eigenvalue weighted by atomic mass is 19.4. The van der Waals surface area contributed by atoms with Crippen LogP contribution in [0, 0.1) is 0 Å². The van der Waals surface area contributed by atoms with Crippen molar-refractivity contribution in [3.8, 4) is 16.9 Å². The molecule has 0 saturated carbocycles. The lowest BCUT2D eigenvalue weighted by Crippen LogP contribution is -2.11. The van der Waals surface area contributed by atoms with Crippen molar-refractivity contribution in [3.63, 3.8) is 0 Å². The number of alkyl halides is 6. The van der Waals surface area contributed by atoms with Gasteiger partial charge in [-0.05, 0) is 47.0 Å². The number of rotatable bonds is 4. The lowest BCUT2D eigenvalue weighted by molar-refractivity contribution is -0.143. The summed E-state index contributed by atoms with van der Waals surface area (Å²) in [6, 6.07) is 16.7. The van der Waals surface area contributed by atoms with E-state index >= 15 is 0 Å². The monoisotopic (exact) mass is 396 g/mol. The summed E-state index contributed by atoms with van der Waals surface area (Å²) in [5, 5.41) is 0. The molecule has 3 aromatic rings. The number of benzene rings is 3. The molecule has 0 aliphatic carbocycles. The van der Waals surface area contributed by atoms with Crippen LogP contribution in [0.2, 0.25) is 0 Å². The molecular weight excluding hydrogens is 382 g/mol. The van der Waals surface area contributed by atoms with Gasteiger partial charge in [-0.25, -0.2) is 0 Å². The maximum atomic E-state index is 13.0. The minimum Gasteiger partial charge on any atom is -0.489 e. The maximum Gasteiger partial charge on any atom is 0.416 e. The highest BCUT2D eigenvalue weighted by Gasteiger charge is 2.36. The first-order valence-corrected chi connectivity index (χ1v) is 8.19. The molecule has 0 N–H and O–H groups in total. The molecule has 0 heterocycles. The van der Waals surface area contributed by atoms with Gasteiger partial charge in [0.1, 0.15) is 12.4 Å². The van der Waals surface area contributed by atoms with Crippen LogP contribution in [-0.4, -0.2) is 0 Å². The third kappa shape index (κ3) is 4.85. The summed E-state index contributed by atoms with van der Waals surface area (Å²) in [7, 11) is 0. The maximum absolute atomic E-state index is 13.0. The summed E-state index contributed by atoms with van der Waals surface area (Å²) >= 11 is 0. The van der Waals surface area contributed by atoms with Gasteiger partial charge in [-0.3, -0.25) is 0 Å². The Hall–Kier alpha value is -2.96. The van der Waals surface area contributed by atoms with E-state index in [0.717, 1.165) is 5.56 Å². The predicted octanol–water partition coefficient (Wildman–Crippen LogP) is 6.97. The van der Waals surface area contributed by atoms with Crippen molar-refractivity contribution in [1.29, 1.82) is 0 Å². The molecule has 0 amide bonds. The van der Waals surface area contributed by atoms with Gasteiger partial charge in [0.2, 0.25) is 0 Å². The Kier molecular flexibility index (Phi) is 5.36. The summed E-state index contributed by atoms with van der Waals surface area (Å²) in [6.07, 6.45) is -9.76. The second kappa shape index (κ2) is 7.58. The standard InChI is InChI=1S/C21H14F6O/c22-20(23,24)17-10-16(11-18(12-17)21(25,26)27)15-6-8-19(9-7-15)28-13-14-4-2-1-3-5-14/h1-12H,13H2. The molecule has 146 valence electrons. The van der Waals surface area contributed by atoms with Crippen LogP contribution in [0.15, 0.2) is 72.8 Å². The average Bonchev–Trinajstić information content (AvgIpc) is 2.66. The van der Waals surface area contributed by atoms with E-state index in [2.05, 4.69) is 0 Å². The summed E-state index contributed by atoms with van der Waals surface area (Å²) < 4.78 is 83.5.